The average molecular weight is 294 g/mol. The van der Waals surface area contributed by atoms with Crippen molar-refractivity contribution in [3.05, 3.63) is 12.4 Å². The number of aliphatic hydroxyl groups is 1. The molecule has 1 fully saturated rings. The lowest BCUT2D eigenvalue weighted by Gasteiger charge is -2.35. The summed E-state index contributed by atoms with van der Waals surface area (Å²) in [7, 11) is 0. The molecule has 2 heterocycles. The number of carboxylic acids is 1. The van der Waals surface area contributed by atoms with E-state index < -0.39 is 5.97 Å². The predicted molar refractivity (Wildman–Crippen MR) is 79.5 cm³/mol. The first-order valence-electron chi connectivity index (χ1n) is 7.36. The van der Waals surface area contributed by atoms with Gasteiger partial charge in [0.15, 0.2) is 0 Å². The number of carbonyl (C=O) groups is 1. The summed E-state index contributed by atoms with van der Waals surface area (Å²) in [5.74, 6) is 0.705. The smallest absolute Gasteiger partial charge is 0.303 e. The predicted octanol–water partition coefficient (Wildman–Crippen LogP) is 1.10. The Morgan fingerprint density at radius 1 is 1.43 bits per heavy atom. The molecule has 1 aliphatic rings. The highest BCUT2D eigenvalue weighted by atomic mass is 16.4. The lowest BCUT2D eigenvalue weighted by Crippen LogP contribution is -2.42. The first kappa shape index (κ1) is 15.5. The van der Waals surface area contributed by atoms with Crippen molar-refractivity contribution in [3.8, 4) is 0 Å². The maximum Gasteiger partial charge on any atom is 0.303 e. The van der Waals surface area contributed by atoms with Crippen molar-refractivity contribution in [2.24, 2.45) is 0 Å². The minimum Gasteiger partial charge on any atom is -0.481 e. The fourth-order valence-corrected chi connectivity index (χ4v) is 2.55. The number of nitrogens with one attached hydrogen (secondary N) is 1. The molecule has 1 atom stereocenters. The van der Waals surface area contributed by atoms with Crippen LogP contribution in [0.25, 0.3) is 0 Å². The molecule has 7 heteroatoms. The zero-order valence-electron chi connectivity index (χ0n) is 12.0. The Bertz CT molecular complexity index is 469. The summed E-state index contributed by atoms with van der Waals surface area (Å²) in [4.78, 5) is 21.0. The largest absolute Gasteiger partial charge is 0.481 e. The molecule has 1 unspecified atom stereocenters. The minimum atomic E-state index is -0.792. The molecule has 21 heavy (non-hydrogen) atoms. The normalized spacial score (nSPS) is 18.5. The number of aromatic nitrogens is 2. The number of carboxylic acid groups (broad SMARTS) is 1. The Kier molecular flexibility index (Phi) is 5.74. The van der Waals surface area contributed by atoms with Crippen LogP contribution in [-0.2, 0) is 4.79 Å². The highest BCUT2D eigenvalue weighted by molar-refractivity contribution is 5.66. The van der Waals surface area contributed by atoms with Crippen LogP contribution in [0.5, 0.6) is 0 Å². The summed E-state index contributed by atoms with van der Waals surface area (Å²) >= 11 is 0. The molecule has 0 bridgehead atoms. The van der Waals surface area contributed by atoms with Crippen LogP contribution >= 0.6 is 0 Å². The fourth-order valence-electron chi connectivity index (χ4n) is 2.55. The minimum absolute atomic E-state index is 0.119. The number of rotatable bonds is 7. The molecule has 3 N–H and O–H groups in total. The number of piperidine rings is 1. The van der Waals surface area contributed by atoms with E-state index in [2.05, 4.69) is 20.2 Å². The maximum atomic E-state index is 10.5. The van der Waals surface area contributed by atoms with Crippen LogP contribution in [0.15, 0.2) is 12.4 Å². The van der Waals surface area contributed by atoms with Crippen LogP contribution in [-0.4, -0.2) is 51.9 Å². The van der Waals surface area contributed by atoms with Crippen LogP contribution < -0.4 is 10.2 Å². The van der Waals surface area contributed by atoms with E-state index in [1.165, 1.54) is 6.33 Å². The molecule has 2 rings (SSSR count). The summed E-state index contributed by atoms with van der Waals surface area (Å²) in [5.41, 5.74) is 0. The summed E-state index contributed by atoms with van der Waals surface area (Å²) in [6.45, 7) is 1.58. The maximum absolute atomic E-state index is 10.5. The molecule has 7 nitrogen and oxygen atoms in total. The Morgan fingerprint density at radius 2 is 2.29 bits per heavy atom. The van der Waals surface area contributed by atoms with E-state index in [1.54, 1.807) is 0 Å². The molecule has 0 saturated carbocycles. The van der Waals surface area contributed by atoms with E-state index in [0.717, 1.165) is 31.6 Å². The van der Waals surface area contributed by atoms with Gasteiger partial charge in [-0.15, -0.1) is 0 Å². The topological polar surface area (TPSA) is 98.6 Å². The van der Waals surface area contributed by atoms with Crippen molar-refractivity contribution in [1.29, 1.82) is 0 Å². The van der Waals surface area contributed by atoms with Crippen molar-refractivity contribution in [2.75, 3.05) is 29.9 Å². The Balaban J connectivity index is 1.94. The van der Waals surface area contributed by atoms with Gasteiger partial charge in [-0.25, -0.2) is 9.97 Å². The Labute approximate surface area is 124 Å². The first-order chi connectivity index (χ1) is 10.2. The van der Waals surface area contributed by atoms with E-state index in [9.17, 15) is 9.90 Å². The molecular formula is C14H22N4O3. The molecule has 1 aromatic heterocycles. The van der Waals surface area contributed by atoms with Gasteiger partial charge >= 0.3 is 5.97 Å². The third-order valence-corrected chi connectivity index (χ3v) is 3.66. The van der Waals surface area contributed by atoms with E-state index in [0.29, 0.717) is 18.8 Å². The van der Waals surface area contributed by atoms with E-state index in [-0.39, 0.29) is 19.1 Å². The summed E-state index contributed by atoms with van der Waals surface area (Å²) < 4.78 is 0. The molecule has 0 aromatic carbocycles. The second-order valence-corrected chi connectivity index (χ2v) is 5.21. The highest BCUT2D eigenvalue weighted by Crippen LogP contribution is 2.23. The van der Waals surface area contributed by atoms with Crippen LogP contribution in [0.3, 0.4) is 0 Å². The third kappa shape index (κ3) is 4.56. The first-order valence-corrected chi connectivity index (χ1v) is 7.36. The molecule has 1 aromatic rings. The van der Waals surface area contributed by atoms with Gasteiger partial charge in [-0.05, 0) is 25.7 Å². The fraction of sp³-hybridized carbons (Fsp3) is 0.643. The number of aliphatic hydroxyl groups excluding tert-OH is 1. The average Bonchev–Trinajstić information content (AvgIpc) is 2.51. The van der Waals surface area contributed by atoms with E-state index >= 15 is 0 Å². The van der Waals surface area contributed by atoms with E-state index in [1.807, 2.05) is 6.07 Å². The molecule has 1 saturated heterocycles. The monoisotopic (exact) mass is 294 g/mol. The van der Waals surface area contributed by atoms with Crippen LogP contribution in [0.1, 0.15) is 32.1 Å². The van der Waals surface area contributed by atoms with Crippen LogP contribution in [0.4, 0.5) is 11.6 Å². The van der Waals surface area contributed by atoms with Gasteiger partial charge < -0.3 is 20.4 Å². The van der Waals surface area contributed by atoms with Gasteiger partial charge in [-0.2, -0.15) is 0 Å². The standard InChI is InChI=1S/C14H22N4O3/c19-9-11-4-1-2-7-18(11)13-8-12(16-10-17-13)15-6-3-5-14(20)21/h8,10-11,19H,1-7,9H2,(H,20,21)(H,15,16,17). The van der Waals surface area contributed by atoms with Crippen molar-refractivity contribution in [3.63, 3.8) is 0 Å². The van der Waals surface area contributed by atoms with Gasteiger partial charge in [0.1, 0.15) is 18.0 Å². The zero-order chi connectivity index (χ0) is 15.1. The SMILES string of the molecule is O=C(O)CCCNc1cc(N2CCCCC2CO)ncn1. The number of nitrogens with zero attached hydrogens (tertiary/aromatic N) is 3. The highest BCUT2D eigenvalue weighted by Gasteiger charge is 2.23. The Hall–Kier alpha value is -1.89. The van der Waals surface area contributed by atoms with Crippen molar-refractivity contribution in [1.82, 2.24) is 9.97 Å². The van der Waals surface area contributed by atoms with Gasteiger partial charge in [-0.3, -0.25) is 4.79 Å². The lowest BCUT2D eigenvalue weighted by atomic mass is 10.0. The molecule has 0 amide bonds. The number of aliphatic carboxylic acids is 1. The second kappa shape index (κ2) is 7.78. The molecule has 0 radical (unpaired) electrons. The number of hydrogen-bond donors (Lipinski definition) is 3. The van der Waals surface area contributed by atoms with Gasteiger partial charge in [0.2, 0.25) is 0 Å². The zero-order valence-corrected chi connectivity index (χ0v) is 12.0. The summed E-state index contributed by atoms with van der Waals surface area (Å²) in [6, 6.07) is 1.97. The summed E-state index contributed by atoms with van der Waals surface area (Å²) in [5, 5.41) is 21.2. The van der Waals surface area contributed by atoms with Crippen molar-refractivity contribution < 1.29 is 15.0 Å². The quantitative estimate of drug-likeness (QED) is 0.648. The third-order valence-electron chi connectivity index (χ3n) is 3.66. The molecule has 0 spiro atoms. The van der Waals surface area contributed by atoms with E-state index in [4.69, 9.17) is 5.11 Å². The number of hydrogen-bond acceptors (Lipinski definition) is 6. The van der Waals surface area contributed by atoms with Crippen molar-refractivity contribution in [2.45, 2.75) is 38.1 Å². The molecule has 1 aliphatic heterocycles. The number of anilines is 2. The Morgan fingerprint density at radius 3 is 3.05 bits per heavy atom. The van der Waals surface area contributed by atoms with Crippen LogP contribution in [0, 0.1) is 0 Å². The lowest BCUT2D eigenvalue weighted by molar-refractivity contribution is -0.137. The molecule has 116 valence electrons. The van der Waals surface area contributed by atoms with Gasteiger partial charge in [0, 0.05) is 25.6 Å². The van der Waals surface area contributed by atoms with Crippen LogP contribution in [0.2, 0.25) is 0 Å². The van der Waals surface area contributed by atoms with Gasteiger partial charge in [0.25, 0.3) is 0 Å². The molecule has 0 aliphatic carbocycles. The second-order valence-electron chi connectivity index (χ2n) is 5.21. The van der Waals surface area contributed by atoms with Gasteiger partial charge in [-0.1, -0.05) is 0 Å². The van der Waals surface area contributed by atoms with Crippen molar-refractivity contribution >= 4 is 17.6 Å². The molecular weight excluding hydrogens is 272 g/mol. The summed E-state index contributed by atoms with van der Waals surface area (Å²) in [6.07, 6.45) is 5.40. The van der Waals surface area contributed by atoms with Gasteiger partial charge in [0.05, 0.1) is 12.6 Å².